The molecule has 1 heterocycles. The van der Waals surface area contributed by atoms with Gasteiger partial charge in [0.25, 0.3) is 0 Å². The van der Waals surface area contributed by atoms with Gasteiger partial charge in [0.2, 0.25) is 11.8 Å². The molecule has 0 aromatic heterocycles. The highest BCUT2D eigenvalue weighted by Crippen LogP contribution is 2.22. The van der Waals surface area contributed by atoms with Gasteiger partial charge in [-0.1, -0.05) is 42.6 Å². The number of unbranched alkanes of at least 4 members (excludes halogenated alkanes) is 1. The van der Waals surface area contributed by atoms with Crippen LogP contribution in [0.25, 0.3) is 0 Å². The van der Waals surface area contributed by atoms with E-state index in [1.165, 1.54) is 0 Å². The maximum atomic E-state index is 12.4. The zero-order chi connectivity index (χ0) is 17.5. The Balaban J connectivity index is 1.84. The zero-order valence-electron chi connectivity index (χ0n) is 14.0. The normalized spacial score (nSPS) is 17.1. The van der Waals surface area contributed by atoms with Gasteiger partial charge in [0.1, 0.15) is 6.04 Å². The summed E-state index contributed by atoms with van der Waals surface area (Å²) in [6, 6.07) is 5.03. The molecule has 1 unspecified atom stereocenters. The molecule has 24 heavy (non-hydrogen) atoms. The minimum atomic E-state index is -0.324. The number of hydrogen-bond acceptors (Lipinski definition) is 2. The van der Waals surface area contributed by atoms with E-state index in [-0.39, 0.29) is 17.9 Å². The maximum absolute atomic E-state index is 12.4. The van der Waals surface area contributed by atoms with Crippen molar-refractivity contribution in [2.45, 2.75) is 51.5 Å². The van der Waals surface area contributed by atoms with E-state index in [1.54, 1.807) is 17.0 Å². The van der Waals surface area contributed by atoms with Crippen LogP contribution in [0.1, 0.15) is 44.6 Å². The summed E-state index contributed by atoms with van der Waals surface area (Å²) in [5, 5.41) is 4.13. The van der Waals surface area contributed by atoms with Crippen LogP contribution in [0.5, 0.6) is 0 Å². The van der Waals surface area contributed by atoms with Crippen molar-refractivity contribution in [1.29, 1.82) is 0 Å². The number of nitrogens with zero attached hydrogens (tertiary/aromatic N) is 1. The Morgan fingerprint density at radius 3 is 2.83 bits per heavy atom. The van der Waals surface area contributed by atoms with Gasteiger partial charge < -0.3 is 10.2 Å². The third-order valence-electron chi connectivity index (χ3n) is 4.33. The summed E-state index contributed by atoms with van der Waals surface area (Å²) in [4.78, 5) is 26.3. The number of carbonyl (C=O) groups is 2. The monoisotopic (exact) mass is 370 g/mol. The van der Waals surface area contributed by atoms with Gasteiger partial charge in [0.15, 0.2) is 0 Å². The summed E-state index contributed by atoms with van der Waals surface area (Å²) < 4.78 is 0. The van der Waals surface area contributed by atoms with Crippen molar-refractivity contribution in [3.63, 3.8) is 0 Å². The Bertz CT molecular complexity index is 592. The molecule has 1 aliphatic rings. The summed E-state index contributed by atoms with van der Waals surface area (Å²) in [6.07, 6.45) is 4.65. The third kappa shape index (κ3) is 5.12. The van der Waals surface area contributed by atoms with Crippen LogP contribution in [0.4, 0.5) is 0 Å². The highest BCUT2D eigenvalue weighted by atomic mass is 35.5. The molecule has 1 fully saturated rings. The van der Waals surface area contributed by atoms with Crippen LogP contribution in [-0.2, 0) is 16.0 Å². The molecule has 1 aromatic carbocycles. The van der Waals surface area contributed by atoms with Crippen molar-refractivity contribution in [2.24, 2.45) is 0 Å². The van der Waals surface area contributed by atoms with Crippen molar-refractivity contribution in [3.05, 3.63) is 33.8 Å². The van der Waals surface area contributed by atoms with Gasteiger partial charge in [-0.15, -0.1) is 0 Å². The summed E-state index contributed by atoms with van der Waals surface area (Å²) >= 11 is 12.0. The molecule has 2 rings (SSSR count). The van der Waals surface area contributed by atoms with Crippen LogP contribution in [0.15, 0.2) is 18.2 Å². The van der Waals surface area contributed by atoms with Crippen LogP contribution >= 0.6 is 23.2 Å². The second kappa shape index (κ2) is 9.28. The first-order valence-corrected chi connectivity index (χ1v) is 9.29. The lowest BCUT2D eigenvalue weighted by molar-refractivity contribution is -0.138. The Morgan fingerprint density at radius 1 is 1.33 bits per heavy atom. The predicted octanol–water partition coefficient (Wildman–Crippen LogP) is 3.83. The quantitative estimate of drug-likeness (QED) is 0.792. The van der Waals surface area contributed by atoms with Crippen LogP contribution < -0.4 is 5.32 Å². The van der Waals surface area contributed by atoms with Gasteiger partial charge in [0.05, 0.1) is 0 Å². The minimum Gasteiger partial charge on any atom is -0.354 e. The van der Waals surface area contributed by atoms with Gasteiger partial charge in [-0.25, -0.2) is 0 Å². The molecular weight excluding hydrogens is 347 g/mol. The summed E-state index contributed by atoms with van der Waals surface area (Å²) in [5.41, 5.74) is 0.948. The fourth-order valence-electron chi connectivity index (χ4n) is 2.97. The number of carbonyl (C=O) groups excluding carboxylic acids is 2. The number of benzene rings is 1. The fourth-order valence-corrected chi connectivity index (χ4v) is 3.48. The van der Waals surface area contributed by atoms with Crippen molar-refractivity contribution in [2.75, 3.05) is 13.1 Å². The lowest BCUT2D eigenvalue weighted by Crippen LogP contribution is -2.46. The van der Waals surface area contributed by atoms with Crippen molar-refractivity contribution in [1.82, 2.24) is 10.2 Å². The predicted molar refractivity (Wildman–Crippen MR) is 97.4 cm³/mol. The van der Waals surface area contributed by atoms with Gasteiger partial charge in [-0.2, -0.15) is 0 Å². The molecular formula is C18H24Cl2N2O2. The molecule has 0 aliphatic carbocycles. The van der Waals surface area contributed by atoms with Crippen LogP contribution in [-0.4, -0.2) is 35.8 Å². The highest BCUT2D eigenvalue weighted by Gasteiger charge is 2.33. The molecule has 2 amide bonds. The first-order chi connectivity index (χ1) is 11.5. The first-order valence-electron chi connectivity index (χ1n) is 8.54. The maximum Gasteiger partial charge on any atom is 0.242 e. The zero-order valence-corrected chi connectivity index (χ0v) is 15.5. The second-order valence-corrected chi connectivity index (χ2v) is 6.97. The van der Waals surface area contributed by atoms with E-state index in [0.717, 1.165) is 31.2 Å². The number of halogens is 2. The molecule has 1 N–H and O–H groups in total. The first kappa shape index (κ1) is 19.1. The van der Waals surface area contributed by atoms with Crippen molar-refractivity contribution < 1.29 is 9.59 Å². The molecule has 6 heteroatoms. The Kier molecular flexibility index (Phi) is 7.38. The van der Waals surface area contributed by atoms with E-state index in [1.807, 2.05) is 6.07 Å². The van der Waals surface area contributed by atoms with Gasteiger partial charge in [-0.05, 0) is 43.4 Å². The molecule has 1 aliphatic heterocycles. The molecule has 0 bridgehead atoms. The topological polar surface area (TPSA) is 49.4 Å². The van der Waals surface area contributed by atoms with E-state index in [0.29, 0.717) is 36.0 Å². The molecule has 4 nitrogen and oxygen atoms in total. The Labute approximate surface area is 153 Å². The number of rotatable bonds is 7. The standard InChI is InChI=1S/C18H24Cl2N2O2/c1-2-3-6-17(23)22-11-4-5-16(22)18(24)21-10-9-13-7-8-14(19)12-15(13)20/h7-8,12,16H,2-6,9-11H2,1H3,(H,21,24). The van der Waals surface area contributed by atoms with Gasteiger partial charge >= 0.3 is 0 Å². The van der Waals surface area contributed by atoms with E-state index >= 15 is 0 Å². The Hall–Kier alpha value is -1.26. The van der Waals surface area contributed by atoms with Crippen LogP contribution in [0.3, 0.4) is 0 Å². The molecule has 0 radical (unpaired) electrons. The summed E-state index contributed by atoms with van der Waals surface area (Å²) in [6.45, 7) is 3.24. The van der Waals surface area contributed by atoms with E-state index in [2.05, 4.69) is 12.2 Å². The minimum absolute atomic E-state index is 0.0672. The second-order valence-electron chi connectivity index (χ2n) is 6.13. The van der Waals surface area contributed by atoms with Crippen molar-refractivity contribution >= 4 is 35.0 Å². The molecule has 1 atom stereocenters. The fraction of sp³-hybridized carbons (Fsp3) is 0.556. The molecule has 0 spiro atoms. The largest absolute Gasteiger partial charge is 0.354 e. The van der Waals surface area contributed by atoms with E-state index in [9.17, 15) is 9.59 Å². The summed E-state index contributed by atoms with van der Waals surface area (Å²) in [7, 11) is 0. The molecule has 132 valence electrons. The third-order valence-corrected chi connectivity index (χ3v) is 4.92. The number of amides is 2. The Morgan fingerprint density at radius 2 is 2.12 bits per heavy atom. The SMILES string of the molecule is CCCCC(=O)N1CCCC1C(=O)NCCc1ccc(Cl)cc1Cl. The van der Waals surface area contributed by atoms with E-state index in [4.69, 9.17) is 23.2 Å². The van der Waals surface area contributed by atoms with Crippen LogP contribution in [0.2, 0.25) is 10.0 Å². The highest BCUT2D eigenvalue weighted by molar-refractivity contribution is 6.35. The molecule has 1 saturated heterocycles. The van der Waals surface area contributed by atoms with E-state index < -0.39 is 0 Å². The average molecular weight is 371 g/mol. The number of nitrogens with one attached hydrogen (secondary N) is 1. The average Bonchev–Trinajstić information content (AvgIpc) is 3.04. The number of hydrogen-bond donors (Lipinski definition) is 1. The van der Waals surface area contributed by atoms with Gasteiger partial charge in [0, 0.05) is 29.6 Å². The smallest absolute Gasteiger partial charge is 0.242 e. The molecule has 0 saturated carbocycles. The van der Waals surface area contributed by atoms with Gasteiger partial charge in [-0.3, -0.25) is 9.59 Å². The lowest BCUT2D eigenvalue weighted by Gasteiger charge is -2.24. The van der Waals surface area contributed by atoms with Crippen molar-refractivity contribution in [3.8, 4) is 0 Å². The van der Waals surface area contributed by atoms with Crippen LogP contribution in [0, 0.1) is 0 Å². The number of likely N-dealkylation sites (tertiary alicyclic amines) is 1. The lowest BCUT2D eigenvalue weighted by atomic mass is 10.1. The summed E-state index contributed by atoms with van der Waals surface area (Å²) in [5.74, 6) is 0.0256. The molecule has 1 aromatic rings.